The summed E-state index contributed by atoms with van der Waals surface area (Å²) in [5.74, 6) is -2.06. The van der Waals surface area contributed by atoms with E-state index in [-0.39, 0.29) is 11.1 Å². The molecule has 0 atom stereocenters. The lowest BCUT2D eigenvalue weighted by molar-refractivity contribution is 0.0686. The Kier molecular flexibility index (Phi) is 8.62. The normalized spacial score (nSPS) is 11.3. The van der Waals surface area contributed by atoms with Crippen molar-refractivity contribution in [1.29, 1.82) is 0 Å². The van der Waals surface area contributed by atoms with Gasteiger partial charge in [-0.05, 0) is 49.1 Å². The van der Waals surface area contributed by atoms with E-state index in [1.54, 1.807) is 24.3 Å². The van der Waals surface area contributed by atoms with Gasteiger partial charge in [-0.15, -0.1) is 0 Å². The van der Waals surface area contributed by atoms with Gasteiger partial charge < -0.3 is 14.8 Å². The van der Waals surface area contributed by atoms with Gasteiger partial charge in [-0.1, -0.05) is 73.9 Å². The number of aryl methyl sites for hydroxylation is 1. The zero-order valence-corrected chi connectivity index (χ0v) is 19.4. The summed E-state index contributed by atoms with van der Waals surface area (Å²) in [7, 11) is -3.01. The number of hydrogen-bond donors (Lipinski definition) is 2. The first-order valence-corrected chi connectivity index (χ1v) is 13.1. The smallest absolute Gasteiger partial charge is 0.335 e. The summed E-state index contributed by atoms with van der Waals surface area (Å²) in [6.07, 6.45) is 6.55. The summed E-state index contributed by atoms with van der Waals surface area (Å²) >= 11 is 0. The van der Waals surface area contributed by atoms with Crippen molar-refractivity contribution in [2.45, 2.75) is 38.5 Å². The highest BCUT2D eigenvalue weighted by atomic mass is 31.2. The minimum Gasteiger partial charge on any atom is -0.478 e. The molecule has 3 aromatic carbocycles. The highest BCUT2D eigenvalue weighted by molar-refractivity contribution is 7.78. The van der Waals surface area contributed by atoms with Crippen molar-refractivity contribution in [3.63, 3.8) is 0 Å². The zero-order valence-electron chi connectivity index (χ0n) is 18.5. The van der Waals surface area contributed by atoms with Crippen LogP contribution in [-0.4, -0.2) is 28.3 Å². The molecule has 0 aliphatic carbocycles. The molecule has 0 heterocycles. The molecular weight excluding hydrogens is 435 g/mol. The molecule has 0 bridgehead atoms. The van der Waals surface area contributed by atoms with Crippen LogP contribution < -0.4 is 10.6 Å². The molecule has 0 radical (unpaired) electrons. The van der Waals surface area contributed by atoms with E-state index in [2.05, 4.69) is 24.3 Å². The van der Waals surface area contributed by atoms with Crippen LogP contribution in [0.3, 0.4) is 0 Å². The van der Waals surface area contributed by atoms with Crippen molar-refractivity contribution in [3.05, 3.63) is 95.6 Å². The molecule has 0 saturated carbocycles. The molecule has 0 aromatic heterocycles. The molecule has 0 unspecified atom stereocenters. The summed E-state index contributed by atoms with van der Waals surface area (Å²) in [4.78, 5) is 22.4. The van der Waals surface area contributed by atoms with Crippen LogP contribution >= 0.6 is 7.14 Å². The number of aromatic carboxylic acids is 2. The molecule has 0 fully saturated rings. The third-order valence-electron chi connectivity index (χ3n) is 5.84. The third kappa shape index (κ3) is 6.66. The Labute approximate surface area is 194 Å². The summed E-state index contributed by atoms with van der Waals surface area (Å²) in [5, 5.41) is 19.5. The van der Waals surface area contributed by atoms with E-state index in [1.165, 1.54) is 29.8 Å². The van der Waals surface area contributed by atoms with Crippen LogP contribution in [0.4, 0.5) is 0 Å². The van der Waals surface area contributed by atoms with Crippen LogP contribution in [0.5, 0.6) is 0 Å². The zero-order chi connectivity index (χ0) is 23.7. The van der Waals surface area contributed by atoms with E-state index in [9.17, 15) is 24.4 Å². The Morgan fingerprint density at radius 2 is 1.06 bits per heavy atom. The molecule has 0 aliphatic rings. The van der Waals surface area contributed by atoms with E-state index in [4.69, 9.17) is 0 Å². The minimum atomic E-state index is -3.01. The van der Waals surface area contributed by atoms with Crippen LogP contribution in [0.15, 0.2) is 78.9 Å². The molecule has 3 aromatic rings. The fourth-order valence-electron chi connectivity index (χ4n) is 3.94. The molecule has 3 rings (SSSR count). The van der Waals surface area contributed by atoms with Crippen molar-refractivity contribution < 1.29 is 24.4 Å². The van der Waals surface area contributed by atoms with E-state index < -0.39 is 19.1 Å². The number of rotatable bonds is 12. The summed E-state index contributed by atoms with van der Waals surface area (Å²) < 4.78 is 14.2. The van der Waals surface area contributed by atoms with E-state index >= 15 is 0 Å². The second-order valence-electron chi connectivity index (χ2n) is 8.17. The van der Waals surface area contributed by atoms with Crippen LogP contribution in [0.1, 0.15) is 58.4 Å². The molecule has 0 amide bonds. The average Bonchev–Trinajstić information content (AvgIpc) is 2.84. The lowest BCUT2D eigenvalue weighted by Gasteiger charge is -2.20. The molecule has 2 N–H and O–H groups in total. The molecule has 0 saturated heterocycles. The van der Waals surface area contributed by atoms with Gasteiger partial charge in [0.15, 0.2) is 0 Å². The number of carbonyl (C=O) groups is 2. The fraction of sp³-hybridized carbons (Fsp3) is 0.259. The Hall–Kier alpha value is -3.17. The quantitative estimate of drug-likeness (QED) is 0.269. The first-order chi connectivity index (χ1) is 15.9. The molecule has 5 nitrogen and oxygen atoms in total. The second-order valence-corrected chi connectivity index (χ2v) is 11.1. The maximum atomic E-state index is 14.2. The summed E-state index contributed by atoms with van der Waals surface area (Å²) in [6, 6.07) is 22.8. The molecular formula is C27H29O5P. The minimum absolute atomic E-state index is 0.143. The highest BCUT2D eigenvalue weighted by Crippen LogP contribution is 2.44. The van der Waals surface area contributed by atoms with Crippen molar-refractivity contribution in [2.24, 2.45) is 0 Å². The van der Waals surface area contributed by atoms with Gasteiger partial charge in [0.25, 0.3) is 0 Å². The maximum Gasteiger partial charge on any atom is 0.335 e. The topological polar surface area (TPSA) is 91.7 Å². The molecule has 0 spiro atoms. The van der Waals surface area contributed by atoms with E-state index in [0.29, 0.717) is 16.8 Å². The first-order valence-electron chi connectivity index (χ1n) is 11.2. The van der Waals surface area contributed by atoms with Gasteiger partial charge in [0.2, 0.25) is 0 Å². The maximum absolute atomic E-state index is 14.2. The predicted octanol–water partition coefficient (Wildman–Crippen LogP) is 5.59. The fourth-order valence-corrected chi connectivity index (χ4v) is 6.68. The highest BCUT2D eigenvalue weighted by Gasteiger charge is 2.27. The van der Waals surface area contributed by atoms with Crippen molar-refractivity contribution in [1.82, 2.24) is 0 Å². The number of unbranched alkanes of at least 4 members (excludes halogenated alkanes) is 4. The van der Waals surface area contributed by atoms with Crippen LogP contribution in [0.25, 0.3) is 0 Å². The summed E-state index contributed by atoms with van der Waals surface area (Å²) in [5.41, 5.74) is 1.63. The third-order valence-corrected chi connectivity index (χ3v) is 9.05. The van der Waals surface area contributed by atoms with Gasteiger partial charge in [-0.3, -0.25) is 0 Å². The lowest BCUT2D eigenvalue weighted by atomic mass is 10.1. The van der Waals surface area contributed by atoms with Gasteiger partial charge >= 0.3 is 11.9 Å². The number of carboxylic acids is 2. The van der Waals surface area contributed by atoms with Crippen molar-refractivity contribution >= 4 is 29.7 Å². The van der Waals surface area contributed by atoms with Crippen molar-refractivity contribution in [2.75, 3.05) is 6.16 Å². The predicted molar refractivity (Wildman–Crippen MR) is 132 cm³/mol. The number of carboxylic acid groups (broad SMARTS) is 2. The second kappa shape index (κ2) is 11.6. The van der Waals surface area contributed by atoms with Crippen LogP contribution in [0, 0.1) is 0 Å². The largest absolute Gasteiger partial charge is 0.478 e. The molecule has 172 valence electrons. The average molecular weight is 464 g/mol. The van der Waals surface area contributed by atoms with Gasteiger partial charge in [0, 0.05) is 16.8 Å². The van der Waals surface area contributed by atoms with E-state index in [0.717, 1.165) is 38.5 Å². The van der Waals surface area contributed by atoms with E-state index in [1.807, 2.05) is 6.07 Å². The number of benzene rings is 3. The Morgan fingerprint density at radius 3 is 1.55 bits per heavy atom. The van der Waals surface area contributed by atoms with Gasteiger partial charge in [0.1, 0.15) is 7.14 Å². The Balaban J connectivity index is 1.65. The van der Waals surface area contributed by atoms with Crippen LogP contribution in [-0.2, 0) is 11.0 Å². The SMILES string of the molecule is O=C(O)c1ccc(P(=O)(CCCCCCCc2ccccc2)c2ccc(C(=O)O)cc2)cc1. The Morgan fingerprint density at radius 1 is 0.606 bits per heavy atom. The first kappa shape index (κ1) is 24.5. The number of hydrogen-bond acceptors (Lipinski definition) is 3. The van der Waals surface area contributed by atoms with Gasteiger partial charge in [-0.2, -0.15) is 0 Å². The molecule has 0 aliphatic heterocycles. The Bertz CT molecular complexity index is 1040. The lowest BCUT2D eigenvalue weighted by Crippen LogP contribution is -2.19. The van der Waals surface area contributed by atoms with Gasteiger partial charge in [0.05, 0.1) is 11.1 Å². The van der Waals surface area contributed by atoms with Crippen molar-refractivity contribution in [3.8, 4) is 0 Å². The van der Waals surface area contributed by atoms with Gasteiger partial charge in [-0.25, -0.2) is 9.59 Å². The molecule has 6 heteroatoms. The standard InChI is InChI=1S/C27H29O5P/c28-26(29)22-12-16-24(17-13-22)33(32,25-18-14-23(15-19-25)27(30)31)20-8-3-1-2-5-9-21-10-6-4-7-11-21/h4,6-7,10-19H,1-3,5,8-9,20H2,(H,28,29)(H,30,31). The molecule has 33 heavy (non-hydrogen) atoms. The summed E-state index contributed by atoms with van der Waals surface area (Å²) in [6.45, 7) is 0. The van der Waals surface area contributed by atoms with Crippen LogP contribution in [0.2, 0.25) is 0 Å². The monoisotopic (exact) mass is 464 g/mol.